The fraction of sp³-hybridized carbons (Fsp3) is 0.933. The van der Waals surface area contributed by atoms with Crippen LogP contribution in [0, 0.1) is 0 Å². The van der Waals surface area contributed by atoms with Crippen molar-refractivity contribution in [1.29, 1.82) is 0 Å². The van der Waals surface area contributed by atoms with Gasteiger partial charge in [-0.25, -0.2) is 0 Å². The van der Waals surface area contributed by atoms with Crippen LogP contribution in [-0.4, -0.2) is 55.5 Å². The summed E-state index contributed by atoms with van der Waals surface area (Å²) in [6.07, 6.45) is 4.92. The SMILES string of the molecule is CCC(C)NC(=O)CN(C)C1CCC2(CC1)OCCO2. The van der Waals surface area contributed by atoms with E-state index in [1.165, 1.54) is 0 Å². The monoisotopic (exact) mass is 284 g/mol. The third-order valence-corrected chi connectivity index (χ3v) is 4.57. The number of hydrogen-bond acceptors (Lipinski definition) is 4. The minimum atomic E-state index is -0.309. The zero-order chi connectivity index (χ0) is 14.6. The molecule has 0 bridgehead atoms. The van der Waals surface area contributed by atoms with E-state index in [-0.39, 0.29) is 17.7 Å². The van der Waals surface area contributed by atoms with E-state index in [1.54, 1.807) is 0 Å². The molecule has 0 radical (unpaired) electrons. The van der Waals surface area contributed by atoms with Crippen molar-refractivity contribution in [1.82, 2.24) is 10.2 Å². The van der Waals surface area contributed by atoms with Gasteiger partial charge in [-0.15, -0.1) is 0 Å². The molecule has 0 aromatic heterocycles. The van der Waals surface area contributed by atoms with Gasteiger partial charge in [0.2, 0.25) is 5.91 Å². The number of nitrogens with zero attached hydrogens (tertiary/aromatic N) is 1. The molecule has 1 spiro atoms. The van der Waals surface area contributed by atoms with Crippen LogP contribution in [0.25, 0.3) is 0 Å². The predicted molar refractivity (Wildman–Crippen MR) is 77.4 cm³/mol. The molecule has 1 N–H and O–H groups in total. The molecule has 2 aliphatic rings. The number of ether oxygens (including phenoxy) is 2. The van der Waals surface area contributed by atoms with Gasteiger partial charge in [0.05, 0.1) is 19.8 Å². The number of amides is 1. The highest BCUT2D eigenvalue weighted by Crippen LogP contribution is 2.36. The second-order valence-electron chi connectivity index (χ2n) is 6.13. The second-order valence-corrected chi connectivity index (χ2v) is 6.13. The predicted octanol–water partition coefficient (Wildman–Crippen LogP) is 1.52. The van der Waals surface area contributed by atoms with E-state index in [0.29, 0.717) is 12.6 Å². The van der Waals surface area contributed by atoms with Gasteiger partial charge in [-0.1, -0.05) is 6.92 Å². The molecule has 20 heavy (non-hydrogen) atoms. The summed E-state index contributed by atoms with van der Waals surface area (Å²) >= 11 is 0. The summed E-state index contributed by atoms with van der Waals surface area (Å²) in [6, 6.07) is 0.710. The molecular weight excluding hydrogens is 256 g/mol. The summed E-state index contributed by atoms with van der Waals surface area (Å²) in [5.74, 6) is -0.188. The van der Waals surface area contributed by atoms with Crippen LogP contribution in [-0.2, 0) is 14.3 Å². The number of likely N-dealkylation sites (N-methyl/N-ethyl adjacent to an activating group) is 1. The van der Waals surface area contributed by atoms with E-state index in [9.17, 15) is 4.79 Å². The molecule has 0 aromatic rings. The quantitative estimate of drug-likeness (QED) is 0.831. The number of nitrogens with one attached hydrogen (secondary N) is 1. The van der Waals surface area contributed by atoms with Crippen LogP contribution in [0.3, 0.4) is 0 Å². The van der Waals surface area contributed by atoms with Crippen molar-refractivity contribution >= 4 is 5.91 Å². The van der Waals surface area contributed by atoms with E-state index in [2.05, 4.69) is 17.1 Å². The molecular formula is C15H28N2O3. The van der Waals surface area contributed by atoms with Gasteiger partial charge in [0.25, 0.3) is 0 Å². The van der Waals surface area contributed by atoms with Crippen molar-refractivity contribution in [2.24, 2.45) is 0 Å². The Hall–Kier alpha value is -0.650. The molecule has 2 fully saturated rings. The number of carbonyl (C=O) groups is 1. The smallest absolute Gasteiger partial charge is 0.234 e. The Labute approximate surface area is 122 Å². The van der Waals surface area contributed by atoms with Crippen LogP contribution in [0.5, 0.6) is 0 Å². The molecule has 1 heterocycles. The van der Waals surface area contributed by atoms with Gasteiger partial charge in [-0.2, -0.15) is 0 Å². The molecule has 2 rings (SSSR count). The van der Waals surface area contributed by atoms with Crippen LogP contribution in [0.4, 0.5) is 0 Å². The molecule has 5 heteroatoms. The van der Waals surface area contributed by atoms with Gasteiger partial charge in [-0.3, -0.25) is 9.69 Å². The van der Waals surface area contributed by atoms with E-state index >= 15 is 0 Å². The largest absolute Gasteiger partial charge is 0.353 e. The topological polar surface area (TPSA) is 50.8 Å². The maximum Gasteiger partial charge on any atom is 0.234 e. The van der Waals surface area contributed by atoms with Crippen LogP contribution in [0.1, 0.15) is 46.0 Å². The molecule has 1 aliphatic heterocycles. The minimum Gasteiger partial charge on any atom is -0.353 e. The Kier molecular flexibility index (Phi) is 5.41. The molecule has 1 saturated carbocycles. The van der Waals surface area contributed by atoms with Gasteiger partial charge in [0.15, 0.2) is 5.79 Å². The minimum absolute atomic E-state index is 0.121. The molecule has 1 amide bonds. The first kappa shape index (κ1) is 15.7. The lowest BCUT2D eigenvalue weighted by molar-refractivity contribution is -0.183. The summed E-state index contributed by atoms with van der Waals surface area (Å²) in [5, 5.41) is 3.02. The third-order valence-electron chi connectivity index (χ3n) is 4.57. The summed E-state index contributed by atoms with van der Waals surface area (Å²) in [4.78, 5) is 14.1. The van der Waals surface area contributed by atoms with Crippen molar-refractivity contribution in [3.8, 4) is 0 Å². The van der Waals surface area contributed by atoms with Crippen LogP contribution < -0.4 is 5.32 Å². The average Bonchev–Trinajstić information content (AvgIpc) is 2.87. The van der Waals surface area contributed by atoms with Gasteiger partial charge >= 0.3 is 0 Å². The Morgan fingerprint density at radius 1 is 1.35 bits per heavy atom. The van der Waals surface area contributed by atoms with Gasteiger partial charge in [-0.05, 0) is 33.2 Å². The first-order valence-corrected chi connectivity index (χ1v) is 7.82. The van der Waals surface area contributed by atoms with Crippen molar-refractivity contribution in [2.45, 2.75) is 63.8 Å². The van der Waals surface area contributed by atoms with E-state index in [0.717, 1.165) is 45.3 Å². The molecule has 1 atom stereocenters. The van der Waals surface area contributed by atoms with E-state index in [1.807, 2.05) is 14.0 Å². The van der Waals surface area contributed by atoms with Gasteiger partial charge < -0.3 is 14.8 Å². The number of carbonyl (C=O) groups excluding carboxylic acids is 1. The molecule has 0 aromatic carbocycles. The lowest BCUT2D eigenvalue weighted by Crippen LogP contribution is -2.47. The fourth-order valence-corrected chi connectivity index (χ4v) is 3.05. The first-order chi connectivity index (χ1) is 9.54. The van der Waals surface area contributed by atoms with Crippen LogP contribution in [0.2, 0.25) is 0 Å². The van der Waals surface area contributed by atoms with E-state index in [4.69, 9.17) is 9.47 Å². The standard InChI is InChI=1S/C15H28N2O3/c1-4-12(2)16-14(18)11-17(3)13-5-7-15(8-6-13)19-9-10-20-15/h12-13H,4-11H2,1-3H3,(H,16,18). The summed E-state index contributed by atoms with van der Waals surface area (Å²) in [5.41, 5.74) is 0. The Morgan fingerprint density at radius 2 is 1.95 bits per heavy atom. The average molecular weight is 284 g/mol. The Balaban J connectivity index is 1.74. The number of rotatable bonds is 5. The summed E-state index contributed by atoms with van der Waals surface area (Å²) in [6.45, 7) is 6.03. The zero-order valence-electron chi connectivity index (χ0n) is 13.0. The van der Waals surface area contributed by atoms with Crippen LogP contribution in [0.15, 0.2) is 0 Å². The van der Waals surface area contributed by atoms with Crippen molar-refractivity contribution in [3.63, 3.8) is 0 Å². The van der Waals surface area contributed by atoms with E-state index < -0.39 is 0 Å². The lowest BCUT2D eigenvalue weighted by Gasteiger charge is -2.38. The highest BCUT2D eigenvalue weighted by molar-refractivity contribution is 5.78. The third kappa shape index (κ3) is 3.93. The maximum absolute atomic E-state index is 11.9. The Morgan fingerprint density at radius 3 is 2.50 bits per heavy atom. The van der Waals surface area contributed by atoms with Crippen molar-refractivity contribution in [2.75, 3.05) is 26.8 Å². The molecule has 1 unspecified atom stereocenters. The fourth-order valence-electron chi connectivity index (χ4n) is 3.05. The van der Waals surface area contributed by atoms with Crippen molar-refractivity contribution < 1.29 is 14.3 Å². The van der Waals surface area contributed by atoms with Crippen molar-refractivity contribution in [3.05, 3.63) is 0 Å². The van der Waals surface area contributed by atoms with Gasteiger partial charge in [0, 0.05) is 24.9 Å². The second kappa shape index (κ2) is 6.87. The summed E-state index contributed by atoms with van der Waals surface area (Å²) in [7, 11) is 2.04. The molecule has 116 valence electrons. The molecule has 1 aliphatic carbocycles. The summed E-state index contributed by atoms with van der Waals surface area (Å²) < 4.78 is 11.5. The highest BCUT2D eigenvalue weighted by Gasteiger charge is 2.41. The number of hydrogen-bond donors (Lipinski definition) is 1. The normalized spacial score (nSPS) is 24.2. The Bertz CT molecular complexity index is 319. The molecule has 1 saturated heterocycles. The maximum atomic E-state index is 11.9. The zero-order valence-corrected chi connectivity index (χ0v) is 13.0. The van der Waals surface area contributed by atoms with Gasteiger partial charge in [0.1, 0.15) is 0 Å². The van der Waals surface area contributed by atoms with Crippen LogP contribution >= 0.6 is 0 Å². The highest BCUT2D eigenvalue weighted by atomic mass is 16.7. The lowest BCUT2D eigenvalue weighted by atomic mass is 9.89. The molecule has 5 nitrogen and oxygen atoms in total. The first-order valence-electron chi connectivity index (χ1n) is 7.82.